The van der Waals surface area contributed by atoms with Crippen molar-refractivity contribution in [1.82, 2.24) is 9.80 Å². The zero-order valence-electron chi connectivity index (χ0n) is 12.6. The molecule has 1 rings (SSSR count). The summed E-state index contributed by atoms with van der Waals surface area (Å²) in [4.78, 5) is 16.0. The second-order valence-electron chi connectivity index (χ2n) is 5.02. The minimum absolute atomic E-state index is 0.0383. The SMILES string of the molecule is COCCN(Cc1ccc(F)cc1)C(=O)C(C)N(C)C. The molecule has 0 spiro atoms. The summed E-state index contributed by atoms with van der Waals surface area (Å²) >= 11 is 0. The van der Waals surface area contributed by atoms with Crippen LogP contribution in [0.15, 0.2) is 24.3 Å². The van der Waals surface area contributed by atoms with Gasteiger partial charge in [-0.15, -0.1) is 0 Å². The summed E-state index contributed by atoms with van der Waals surface area (Å²) in [7, 11) is 5.35. The number of ether oxygens (including phenoxy) is 1. The Kier molecular flexibility index (Phi) is 6.61. The molecule has 0 aliphatic carbocycles. The maximum atomic E-state index is 12.9. The summed E-state index contributed by atoms with van der Waals surface area (Å²) in [6.07, 6.45) is 0. The van der Waals surface area contributed by atoms with E-state index in [2.05, 4.69) is 0 Å². The van der Waals surface area contributed by atoms with E-state index in [1.165, 1.54) is 12.1 Å². The zero-order valence-corrected chi connectivity index (χ0v) is 12.6. The van der Waals surface area contributed by atoms with Crippen LogP contribution in [-0.4, -0.2) is 56.1 Å². The van der Waals surface area contributed by atoms with Gasteiger partial charge in [0.2, 0.25) is 5.91 Å². The number of benzene rings is 1. The quantitative estimate of drug-likeness (QED) is 0.764. The molecule has 0 saturated heterocycles. The summed E-state index contributed by atoms with van der Waals surface area (Å²) in [5, 5.41) is 0. The van der Waals surface area contributed by atoms with E-state index in [1.54, 1.807) is 24.1 Å². The van der Waals surface area contributed by atoms with Crippen LogP contribution in [0.1, 0.15) is 12.5 Å². The maximum Gasteiger partial charge on any atom is 0.240 e. The fourth-order valence-electron chi connectivity index (χ4n) is 1.76. The lowest BCUT2D eigenvalue weighted by atomic mass is 10.2. The highest BCUT2D eigenvalue weighted by atomic mass is 19.1. The Morgan fingerprint density at radius 3 is 2.40 bits per heavy atom. The standard InChI is InChI=1S/C15H23FN2O2/c1-12(17(2)3)15(19)18(9-10-20-4)11-13-5-7-14(16)8-6-13/h5-8,12H,9-11H2,1-4H3. The Morgan fingerprint density at radius 2 is 1.90 bits per heavy atom. The summed E-state index contributed by atoms with van der Waals surface area (Å²) in [5.41, 5.74) is 0.904. The molecule has 0 N–H and O–H groups in total. The summed E-state index contributed by atoms with van der Waals surface area (Å²) < 4.78 is 18.0. The van der Waals surface area contributed by atoms with Crippen molar-refractivity contribution in [2.75, 3.05) is 34.4 Å². The van der Waals surface area contributed by atoms with Crippen molar-refractivity contribution in [2.24, 2.45) is 0 Å². The first-order valence-corrected chi connectivity index (χ1v) is 6.64. The molecule has 4 nitrogen and oxygen atoms in total. The van der Waals surface area contributed by atoms with Crippen LogP contribution in [0.3, 0.4) is 0 Å². The second kappa shape index (κ2) is 7.97. The topological polar surface area (TPSA) is 32.8 Å². The number of rotatable bonds is 7. The molecule has 0 aliphatic rings. The Hall–Kier alpha value is -1.46. The van der Waals surface area contributed by atoms with E-state index in [9.17, 15) is 9.18 Å². The van der Waals surface area contributed by atoms with Gasteiger partial charge >= 0.3 is 0 Å². The molecule has 0 radical (unpaired) electrons. The van der Waals surface area contributed by atoms with Crippen LogP contribution in [0.25, 0.3) is 0 Å². The molecule has 1 unspecified atom stereocenters. The Bertz CT molecular complexity index is 420. The van der Waals surface area contributed by atoms with Crippen LogP contribution < -0.4 is 0 Å². The van der Waals surface area contributed by atoms with Gasteiger partial charge in [0.05, 0.1) is 12.6 Å². The molecule has 0 fully saturated rings. The minimum Gasteiger partial charge on any atom is -0.383 e. The molecule has 0 saturated carbocycles. The maximum absolute atomic E-state index is 12.9. The average Bonchev–Trinajstić information content (AvgIpc) is 2.43. The van der Waals surface area contributed by atoms with Gasteiger partial charge in [-0.05, 0) is 38.7 Å². The predicted molar refractivity (Wildman–Crippen MR) is 76.8 cm³/mol. The fourth-order valence-corrected chi connectivity index (χ4v) is 1.76. The van der Waals surface area contributed by atoms with Gasteiger partial charge in [0, 0.05) is 20.2 Å². The molecule has 1 amide bonds. The molecule has 5 heteroatoms. The molecular formula is C15H23FN2O2. The number of halogens is 1. The average molecular weight is 282 g/mol. The third-order valence-electron chi connectivity index (χ3n) is 3.30. The number of carbonyl (C=O) groups excluding carboxylic acids is 1. The van der Waals surface area contributed by atoms with E-state index in [4.69, 9.17) is 4.74 Å². The largest absolute Gasteiger partial charge is 0.383 e. The van der Waals surface area contributed by atoms with Crippen LogP contribution in [0.5, 0.6) is 0 Å². The van der Waals surface area contributed by atoms with Crippen molar-refractivity contribution in [2.45, 2.75) is 19.5 Å². The number of amides is 1. The number of methoxy groups -OCH3 is 1. The molecule has 112 valence electrons. The van der Waals surface area contributed by atoms with Crippen molar-refractivity contribution in [3.63, 3.8) is 0 Å². The van der Waals surface area contributed by atoms with Gasteiger partial charge in [0.1, 0.15) is 5.82 Å². The smallest absolute Gasteiger partial charge is 0.240 e. The third kappa shape index (κ3) is 4.90. The van der Waals surface area contributed by atoms with Gasteiger partial charge in [-0.3, -0.25) is 9.69 Å². The highest BCUT2D eigenvalue weighted by Crippen LogP contribution is 2.09. The molecule has 0 aromatic heterocycles. The fraction of sp³-hybridized carbons (Fsp3) is 0.533. The van der Waals surface area contributed by atoms with E-state index in [0.717, 1.165) is 5.56 Å². The second-order valence-corrected chi connectivity index (χ2v) is 5.02. The van der Waals surface area contributed by atoms with Gasteiger partial charge in [-0.2, -0.15) is 0 Å². The van der Waals surface area contributed by atoms with Crippen molar-refractivity contribution in [3.8, 4) is 0 Å². The molecule has 1 atom stereocenters. The summed E-state index contributed by atoms with van der Waals surface area (Å²) in [5.74, 6) is -0.235. The molecule has 1 aromatic rings. The number of hydrogen-bond donors (Lipinski definition) is 0. The van der Waals surface area contributed by atoms with E-state index in [1.807, 2.05) is 25.9 Å². The first-order chi connectivity index (χ1) is 9.45. The van der Waals surface area contributed by atoms with Crippen LogP contribution in [-0.2, 0) is 16.1 Å². The van der Waals surface area contributed by atoms with E-state index < -0.39 is 0 Å². The van der Waals surface area contributed by atoms with Crippen molar-refractivity contribution in [3.05, 3.63) is 35.6 Å². The normalized spacial score (nSPS) is 12.5. The lowest BCUT2D eigenvalue weighted by molar-refractivity contribution is -0.136. The Morgan fingerprint density at radius 1 is 1.30 bits per heavy atom. The van der Waals surface area contributed by atoms with Gasteiger partial charge in [0.15, 0.2) is 0 Å². The van der Waals surface area contributed by atoms with Gasteiger partial charge < -0.3 is 9.64 Å². The zero-order chi connectivity index (χ0) is 15.1. The molecule has 1 aromatic carbocycles. The number of carbonyl (C=O) groups is 1. The Balaban J connectivity index is 2.78. The van der Waals surface area contributed by atoms with E-state index >= 15 is 0 Å². The number of nitrogens with zero attached hydrogens (tertiary/aromatic N) is 2. The number of likely N-dealkylation sites (N-methyl/N-ethyl adjacent to an activating group) is 1. The summed E-state index contributed by atoms with van der Waals surface area (Å²) in [6.45, 7) is 3.32. The van der Waals surface area contributed by atoms with Gasteiger partial charge in [-0.1, -0.05) is 12.1 Å². The summed E-state index contributed by atoms with van der Waals surface area (Å²) in [6, 6.07) is 6.01. The highest BCUT2D eigenvalue weighted by Gasteiger charge is 2.22. The first-order valence-electron chi connectivity index (χ1n) is 6.64. The van der Waals surface area contributed by atoms with Crippen molar-refractivity contribution < 1.29 is 13.9 Å². The van der Waals surface area contributed by atoms with Gasteiger partial charge in [-0.25, -0.2) is 4.39 Å². The molecule has 0 heterocycles. The Labute approximate surface area is 120 Å². The van der Waals surface area contributed by atoms with E-state index in [0.29, 0.717) is 19.7 Å². The van der Waals surface area contributed by atoms with Crippen LogP contribution in [0, 0.1) is 5.82 Å². The predicted octanol–water partition coefficient (Wildman–Crippen LogP) is 1.75. The third-order valence-corrected chi connectivity index (χ3v) is 3.30. The highest BCUT2D eigenvalue weighted by molar-refractivity contribution is 5.81. The minimum atomic E-state index is -0.273. The van der Waals surface area contributed by atoms with Crippen LogP contribution in [0.4, 0.5) is 4.39 Å². The van der Waals surface area contributed by atoms with Crippen LogP contribution in [0.2, 0.25) is 0 Å². The molecule has 20 heavy (non-hydrogen) atoms. The monoisotopic (exact) mass is 282 g/mol. The van der Waals surface area contributed by atoms with Gasteiger partial charge in [0.25, 0.3) is 0 Å². The lowest BCUT2D eigenvalue weighted by Gasteiger charge is -2.28. The lowest BCUT2D eigenvalue weighted by Crippen LogP contribution is -2.45. The van der Waals surface area contributed by atoms with E-state index in [-0.39, 0.29) is 17.8 Å². The molecular weight excluding hydrogens is 259 g/mol. The molecule has 0 bridgehead atoms. The van der Waals surface area contributed by atoms with Crippen molar-refractivity contribution >= 4 is 5.91 Å². The van der Waals surface area contributed by atoms with Crippen LogP contribution >= 0.6 is 0 Å². The molecule has 0 aliphatic heterocycles. The first kappa shape index (κ1) is 16.6. The number of hydrogen-bond acceptors (Lipinski definition) is 3. The van der Waals surface area contributed by atoms with Crippen molar-refractivity contribution in [1.29, 1.82) is 0 Å².